The molecule has 38 heavy (non-hydrogen) atoms. The van der Waals surface area contributed by atoms with Gasteiger partial charge in [0.05, 0.1) is 5.75 Å². The molecule has 10 nitrogen and oxygen atoms in total. The Labute approximate surface area is 223 Å². The van der Waals surface area contributed by atoms with Crippen molar-refractivity contribution in [2.24, 2.45) is 5.92 Å². The highest BCUT2D eigenvalue weighted by atomic mass is 32.2. The molecule has 2 aliphatic heterocycles. The van der Waals surface area contributed by atoms with Crippen molar-refractivity contribution in [1.29, 1.82) is 0 Å². The van der Waals surface area contributed by atoms with Crippen LogP contribution in [0.2, 0.25) is 0 Å². The Morgan fingerprint density at radius 3 is 2.50 bits per heavy atom. The van der Waals surface area contributed by atoms with Gasteiger partial charge in [0.15, 0.2) is 5.69 Å². The maximum atomic E-state index is 13.3. The average Bonchev–Trinajstić information content (AvgIpc) is 3.64. The first-order valence-electron chi connectivity index (χ1n) is 13.5. The maximum Gasteiger partial charge on any atom is 0.410 e. The Bertz CT molecular complexity index is 1220. The van der Waals surface area contributed by atoms with Gasteiger partial charge in [-0.3, -0.25) is 4.79 Å². The normalized spacial score (nSPS) is 23.2. The lowest BCUT2D eigenvalue weighted by Crippen LogP contribution is -2.52. The number of benzene rings is 1. The van der Waals surface area contributed by atoms with E-state index < -0.39 is 10.0 Å². The number of sulfonamides is 1. The van der Waals surface area contributed by atoms with Crippen molar-refractivity contribution in [3.05, 3.63) is 53.4 Å². The molecule has 1 aromatic heterocycles. The minimum Gasteiger partial charge on any atom is -0.445 e. The molecule has 0 bridgehead atoms. The number of hydrogen-bond acceptors (Lipinski definition) is 7. The van der Waals surface area contributed by atoms with E-state index in [9.17, 15) is 18.0 Å². The molecule has 0 radical (unpaired) electrons. The molecular weight excluding hydrogens is 508 g/mol. The highest BCUT2D eigenvalue weighted by Gasteiger charge is 2.37. The van der Waals surface area contributed by atoms with Crippen LogP contribution >= 0.6 is 0 Å². The van der Waals surface area contributed by atoms with E-state index in [1.54, 1.807) is 15.3 Å². The van der Waals surface area contributed by atoms with Crippen molar-refractivity contribution in [3.8, 4) is 0 Å². The highest BCUT2D eigenvalue weighted by Crippen LogP contribution is 2.40. The standard InChI is InChI=1S/C27H36N4O6S/c1-19-15-23(28-26(32)24-16-25(37-29-24)22-7-8-22)11-14-31(19)38(34,35)18-21-9-12-30(13-10-21)27(33)36-17-20-5-3-2-4-6-20/h2-6,16,19,21-23H,7-15,17-18H2,1H3,(H,28,32). The number of nitrogens with zero attached hydrogens (tertiary/aromatic N) is 3. The van der Waals surface area contributed by atoms with Crippen molar-refractivity contribution in [2.45, 2.75) is 70.1 Å². The zero-order valence-corrected chi connectivity index (χ0v) is 22.6. The average molecular weight is 545 g/mol. The third kappa shape index (κ3) is 6.55. The SMILES string of the molecule is CC1CC(NC(=O)c2cc(C3CC3)on2)CCN1S(=O)(=O)CC1CCN(C(=O)OCc2ccccc2)CC1. The summed E-state index contributed by atoms with van der Waals surface area (Å²) in [5.41, 5.74) is 1.21. The number of aromatic nitrogens is 1. The number of likely N-dealkylation sites (tertiary alicyclic amines) is 1. The summed E-state index contributed by atoms with van der Waals surface area (Å²) in [5.74, 6) is 0.945. The van der Waals surface area contributed by atoms with E-state index in [2.05, 4.69) is 10.5 Å². The predicted molar refractivity (Wildman–Crippen MR) is 140 cm³/mol. The summed E-state index contributed by atoms with van der Waals surface area (Å²) in [6.45, 7) is 3.46. The molecule has 11 heteroatoms. The summed E-state index contributed by atoms with van der Waals surface area (Å²) >= 11 is 0. The molecule has 1 aliphatic carbocycles. The third-order valence-electron chi connectivity index (χ3n) is 7.77. The number of ether oxygens (including phenoxy) is 1. The molecule has 5 rings (SSSR count). The molecule has 1 N–H and O–H groups in total. The number of rotatable bonds is 8. The van der Waals surface area contributed by atoms with Gasteiger partial charge in [0.25, 0.3) is 5.91 Å². The van der Waals surface area contributed by atoms with Crippen LogP contribution in [0.4, 0.5) is 4.79 Å². The van der Waals surface area contributed by atoms with E-state index in [1.807, 2.05) is 37.3 Å². The quantitative estimate of drug-likeness (QED) is 0.540. The predicted octanol–water partition coefficient (Wildman–Crippen LogP) is 3.51. The Hall–Kier alpha value is -2.92. The van der Waals surface area contributed by atoms with Gasteiger partial charge in [-0.1, -0.05) is 35.5 Å². The molecule has 1 saturated carbocycles. The molecule has 3 fully saturated rings. The van der Waals surface area contributed by atoms with Crippen LogP contribution in [0.1, 0.15) is 73.2 Å². The number of carbonyl (C=O) groups is 2. The first-order valence-corrected chi connectivity index (χ1v) is 15.1. The van der Waals surface area contributed by atoms with E-state index in [0.717, 1.165) is 24.2 Å². The lowest BCUT2D eigenvalue weighted by molar-refractivity contribution is 0.0838. The summed E-state index contributed by atoms with van der Waals surface area (Å²) in [6, 6.07) is 10.9. The molecule has 2 saturated heterocycles. The summed E-state index contributed by atoms with van der Waals surface area (Å²) in [6.07, 6.45) is 4.13. The summed E-state index contributed by atoms with van der Waals surface area (Å²) in [5, 5.41) is 6.89. The van der Waals surface area contributed by atoms with Gasteiger partial charge in [-0.05, 0) is 56.9 Å². The van der Waals surface area contributed by atoms with Gasteiger partial charge in [-0.2, -0.15) is 4.31 Å². The topological polar surface area (TPSA) is 122 Å². The van der Waals surface area contributed by atoms with Crippen molar-refractivity contribution >= 4 is 22.0 Å². The zero-order chi connectivity index (χ0) is 26.7. The van der Waals surface area contributed by atoms with Gasteiger partial charge in [0.2, 0.25) is 10.0 Å². The smallest absolute Gasteiger partial charge is 0.410 e. The number of piperidine rings is 2. The summed E-state index contributed by atoms with van der Waals surface area (Å²) < 4.78 is 38.8. The van der Waals surface area contributed by atoms with E-state index in [0.29, 0.717) is 51.2 Å². The van der Waals surface area contributed by atoms with Crippen molar-refractivity contribution in [3.63, 3.8) is 0 Å². The first-order chi connectivity index (χ1) is 18.3. The van der Waals surface area contributed by atoms with Gasteiger partial charge in [-0.25, -0.2) is 13.2 Å². The van der Waals surface area contributed by atoms with Crippen molar-refractivity contribution in [2.75, 3.05) is 25.4 Å². The summed E-state index contributed by atoms with van der Waals surface area (Å²) in [7, 11) is -3.46. The largest absolute Gasteiger partial charge is 0.445 e. The molecule has 3 aliphatic rings. The lowest BCUT2D eigenvalue weighted by Gasteiger charge is -2.38. The molecule has 2 aromatic rings. The second kappa shape index (κ2) is 11.4. The fraction of sp³-hybridized carbons (Fsp3) is 0.593. The molecule has 1 aromatic carbocycles. The van der Waals surface area contributed by atoms with Gasteiger partial charge in [0, 0.05) is 43.7 Å². The second-order valence-corrected chi connectivity index (χ2v) is 12.8. The Morgan fingerprint density at radius 2 is 1.82 bits per heavy atom. The number of carbonyl (C=O) groups excluding carboxylic acids is 2. The monoisotopic (exact) mass is 544 g/mol. The third-order valence-corrected chi connectivity index (χ3v) is 9.92. The molecule has 2 atom stereocenters. The molecule has 206 valence electrons. The van der Waals surface area contributed by atoms with Gasteiger partial charge in [-0.15, -0.1) is 0 Å². The molecule has 2 unspecified atom stereocenters. The van der Waals surface area contributed by atoms with E-state index in [4.69, 9.17) is 9.26 Å². The van der Waals surface area contributed by atoms with Crippen molar-refractivity contribution in [1.82, 2.24) is 19.7 Å². The molecule has 0 spiro atoms. The minimum atomic E-state index is -3.46. The van der Waals surface area contributed by atoms with Crippen LogP contribution in [-0.4, -0.2) is 72.3 Å². The fourth-order valence-corrected chi connectivity index (χ4v) is 7.54. The number of hydrogen-bond donors (Lipinski definition) is 1. The molecular formula is C27H36N4O6S. The summed E-state index contributed by atoms with van der Waals surface area (Å²) in [4.78, 5) is 26.7. The molecule has 2 amide bonds. The minimum absolute atomic E-state index is 0.00405. The van der Waals surface area contributed by atoms with Crippen LogP contribution in [0, 0.1) is 5.92 Å². The van der Waals surface area contributed by atoms with Gasteiger partial charge < -0.3 is 19.5 Å². The Morgan fingerprint density at radius 1 is 1.08 bits per heavy atom. The fourth-order valence-electron chi connectivity index (χ4n) is 5.40. The number of amides is 2. The van der Waals surface area contributed by atoms with Crippen LogP contribution < -0.4 is 5.32 Å². The Balaban J connectivity index is 1.05. The van der Waals surface area contributed by atoms with Crippen LogP contribution in [0.5, 0.6) is 0 Å². The lowest BCUT2D eigenvalue weighted by atomic mass is 9.99. The van der Waals surface area contributed by atoms with Crippen LogP contribution in [0.25, 0.3) is 0 Å². The van der Waals surface area contributed by atoms with Gasteiger partial charge in [0.1, 0.15) is 12.4 Å². The van der Waals surface area contributed by atoms with E-state index in [-0.39, 0.29) is 48.1 Å². The van der Waals surface area contributed by atoms with Crippen LogP contribution in [0.15, 0.2) is 40.9 Å². The number of nitrogens with one attached hydrogen (secondary N) is 1. The maximum absolute atomic E-state index is 13.3. The second-order valence-electron chi connectivity index (χ2n) is 10.8. The first kappa shape index (κ1) is 26.7. The van der Waals surface area contributed by atoms with Crippen molar-refractivity contribution < 1.29 is 27.3 Å². The zero-order valence-electron chi connectivity index (χ0n) is 21.8. The van der Waals surface area contributed by atoms with Crippen LogP contribution in [-0.2, 0) is 21.4 Å². The van der Waals surface area contributed by atoms with Gasteiger partial charge >= 0.3 is 6.09 Å². The molecule has 3 heterocycles. The van der Waals surface area contributed by atoms with E-state index in [1.165, 1.54) is 0 Å². The van der Waals surface area contributed by atoms with E-state index >= 15 is 0 Å². The van der Waals surface area contributed by atoms with Crippen LogP contribution in [0.3, 0.4) is 0 Å². The Kier molecular flexibility index (Phi) is 8.04. The highest BCUT2D eigenvalue weighted by molar-refractivity contribution is 7.89.